The van der Waals surface area contributed by atoms with E-state index in [-0.39, 0.29) is 5.57 Å². The molecule has 0 aromatic heterocycles. The Hall–Kier alpha value is -3.46. The molecule has 0 aliphatic heterocycles. The predicted octanol–water partition coefficient (Wildman–Crippen LogP) is 3.50. The minimum absolute atomic E-state index is 0.0231. The van der Waals surface area contributed by atoms with Crippen molar-refractivity contribution in [1.82, 2.24) is 5.32 Å². The van der Waals surface area contributed by atoms with Gasteiger partial charge in [0.15, 0.2) is 11.5 Å². The van der Waals surface area contributed by atoms with Gasteiger partial charge in [0.05, 0.1) is 14.2 Å². The molecule has 0 bridgehead atoms. The number of carbonyl (C=O) groups excluding carboxylic acids is 1. The fourth-order valence-electron chi connectivity index (χ4n) is 2.79. The first kappa shape index (κ1) is 20.8. The maximum atomic E-state index is 12.3. The third kappa shape index (κ3) is 5.27. The highest BCUT2D eigenvalue weighted by Gasteiger charge is 2.10. The van der Waals surface area contributed by atoms with E-state index < -0.39 is 5.91 Å². The van der Waals surface area contributed by atoms with Crippen LogP contribution in [-0.4, -0.2) is 26.7 Å². The molecule has 6 heteroatoms. The Morgan fingerprint density at radius 3 is 2.39 bits per heavy atom. The molecule has 2 aromatic rings. The van der Waals surface area contributed by atoms with Crippen LogP contribution in [-0.2, 0) is 11.2 Å². The molecule has 2 aromatic carbocycles. The Kier molecular flexibility index (Phi) is 7.46. The number of amides is 1. The van der Waals surface area contributed by atoms with Gasteiger partial charge in [0.2, 0.25) is 0 Å². The summed E-state index contributed by atoms with van der Waals surface area (Å²) in [6.45, 7) is 4.34. The summed E-state index contributed by atoms with van der Waals surface area (Å²) >= 11 is 0. The fourth-order valence-corrected chi connectivity index (χ4v) is 2.79. The SMILES string of the molecule is COc1ccc(CCNC(=O)/C(C#N)=C\Nc2c(C)cccc2C)cc1OC. The second-order valence-corrected chi connectivity index (χ2v) is 6.28. The lowest BCUT2D eigenvalue weighted by Gasteiger charge is -2.11. The number of hydrogen-bond donors (Lipinski definition) is 2. The van der Waals surface area contributed by atoms with Crippen LogP contribution in [0.3, 0.4) is 0 Å². The third-order valence-electron chi connectivity index (χ3n) is 4.35. The van der Waals surface area contributed by atoms with E-state index in [1.165, 1.54) is 6.20 Å². The zero-order valence-corrected chi connectivity index (χ0v) is 16.6. The van der Waals surface area contributed by atoms with Crippen molar-refractivity contribution in [2.45, 2.75) is 20.3 Å². The summed E-state index contributed by atoms with van der Waals surface area (Å²) in [6, 6.07) is 13.5. The maximum Gasteiger partial charge on any atom is 0.263 e. The predicted molar refractivity (Wildman–Crippen MR) is 109 cm³/mol. The lowest BCUT2D eigenvalue weighted by atomic mass is 10.1. The van der Waals surface area contributed by atoms with Gasteiger partial charge in [-0.15, -0.1) is 0 Å². The van der Waals surface area contributed by atoms with Crippen LogP contribution in [0, 0.1) is 25.2 Å². The van der Waals surface area contributed by atoms with E-state index in [1.54, 1.807) is 14.2 Å². The number of rotatable bonds is 8. The highest BCUT2D eigenvalue weighted by molar-refractivity contribution is 5.97. The van der Waals surface area contributed by atoms with Crippen LogP contribution in [0.25, 0.3) is 0 Å². The van der Waals surface area contributed by atoms with E-state index in [0.29, 0.717) is 24.5 Å². The van der Waals surface area contributed by atoms with Crippen molar-refractivity contribution in [3.8, 4) is 17.6 Å². The Morgan fingerprint density at radius 2 is 1.79 bits per heavy atom. The standard InChI is InChI=1S/C22H25N3O3/c1-15-6-5-7-16(2)21(15)25-14-18(13-23)22(26)24-11-10-17-8-9-19(27-3)20(12-17)28-4/h5-9,12,14,25H,10-11H2,1-4H3,(H,24,26)/b18-14-. The fraction of sp³-hybridized carbons (Fsp3) is 0.273. The summed E-state index contributed by atoms with van der Waals surface area (Å²) in [6.07, 6.45) is 2.05. The van der Waals surface area contributed by atoms with Crippen LogP contribution in [0.4, 0.5) is 5.69 Å². The van der Waals surface area contributed by atoms with Crippen molar-refractivity contribution in [2.24, 2.45) is 0 Å². The molecule has 6 nitrogen and oxygen atoms in total. The number of para-hydroxylation sites is 1. The maximum absolute atomic E-state index is 12.3. The van der Waals surface area contributed by atoms with Gasteiger partial charge in [-0.2, -0.15) is 5.26 Å². The molecule has 28 heavy (non-hydrogen) atoms. The van der Waals surface area contributed by atoms with Gasteiger partial charge >= 0.3 is 0 Å². The number of ether oxygens (including phenoxy) is 2. The molecular formula is C22H25N3O3. The molecule has 0 saturated carbocycles. The summed E-state index contributed by atoms with van der Waals surface area (Å²) < 4.78 is 10.5. The highest BCUT2D eigenvalue weighted by atomic mass is 16.5. The molecule has 0 heterocycles. The smallest absolute Gasteiger partial charge is 0.263 e. The summed E-state index contributed by atoms with van der Waals surface area (Å²) in [7, 11) is 3.16. The van der Waals surface area contributed by atoms with Crippen molar-refractivity contribution < 1.29 is 14.3 Å². The van der Waals surface area contributed by atoms with Gasteiger partial charge in [-0.1, -0.05) is 24.3 Å². The first-order valence-electron chi connectivity index (χ1n) is 8.92. The van der Waals surface area contributed by atoms with Gasteiger partial charge in [-0.25, -0.2) is 0 Å². The first-order chi connectivity index (χ1) is 13.5. The number of nitriles is 1. The zero-order chi connectivity index (χ0) is 20.5. The number of aryl methyl sites for hydroxylation is 2. The minimum Gasteiger partial charge on any atom is -0.493 e. The summed E-state index contributed by atoms with van der Waals surface area (Å²) in [5, 5.41) is 15.2. The molecule has 0 radical (unpaired) electrons. The van der Waals surface area contributed by atoms with Crippen LogP contribution < -0.4 is 20.1 Å². The van der Waals surface area contributed by atoms with Crippen molar-refractivity contribution >= 4 is 11.6 Å². The van der Waals surface area contributed by atoms with Gasteiger partial charge in [-0.3, -0.25) is 4.79 Å². The van der Waals surface area contributed by atoms with Crippen LogP contribution in [0.15, 0.2) is 48.2 Å². The molecule has 2 N–H and O–H groups in total. The number of benzene rings is 2. The first-order valence-corrected chi connectivity index (χ1v) is 8.92. The molecule has 0 saturated heterocycles. The monoisotopic (exact) mass is 379 g/mol. The summed E-state index contributed by atoms with van der Waals surface area (Å²) in [5.41, 5.74) is 4.00. The van der Waals surface area contributed by atoms with E-state index in [1.807, 2.05) is 56.3 Å². The molecule has 2 rings (SSSR count). The number of anilines is 1. The largest absolute Gasteiger partial charge is 0.493 e. The Morgan fingerprint density at radius 1 is 1.11 bits per heavy atom. The number of methoxy groups -OCH3 is 2. The van der Waals surface area contributed by atoms with Crippen LogP contribution in [0.2, 0.25) is 0 Å². The second kappa shape index (κ2) is 10.0. The van der Waals surface area contributed by atoms with E-state index in [4.69, 9.17) is 9.47 Å². The molecule has 0 aliphatic rings. The minimum atomic E-state index is -0.415. The van der Waals surface area contributed by atoms with E-state index in [0.717, 1.165) is 22.4 Å². The summed E-state index contributed by atoms with van der Waals surface area (Å²) in [4.78, 5) is 12.3. The Balaban J connectivity index is 1.96. The molecule has 0 fully saturated rings. The van der Waals surface area contributed by atoms with Crippen LogP contribution in [0.1, 0.15) is 16.7 Å². The number of nitrogens with one attached hydrogen (secondary N) is 2. The van der Waals surface area contributed by atoms with E-state index in [2.05, 4.69) is 10.6 Å². The number of hydrogen-bond acceptors (Lipinski definition) is 5. The third-order valence-corrected chi connectivity index (χ3v) is 4.35. The van der Waals surface area contributed by atoms with E-state index in [9.17, 15) is 10.1 Å². The molecule has 0 atom stereocenters. The number of carbonyl (C=O) groups is 1. The molecule has 0 aliphatic carbocycles. The average molecular weight is 379 g/mol. The quantitative estimate of drug-likeness (QED) is 0.542. The molecule has 146 valence electrons. The summed E-state index contributed by atoms with van der Waals surface area (Å²) in [5.74, 6) is 0.881. The molecule has 0 spiro atoms. The van der Waals surface area contributed by atoms with Gasteiger partial charge in [0.25, 0.3) is 5.91 Å². The Bertz CT molecular complexity index is 893. The van der Waals surface area contributed by atoms with Gasteiger partial charge in [0, 0.05) is 18.4 Å². The highest BCUT2D eigenvalue weighted by Crippen LogP contribution is 2.27. The average Bonchev–Trinajstić information content (AvgIpc) is 2.70. The van der Waals surface area contributed by atoms with Crippen molar-refractivity contribution in [1.29, 1.82) is 5.26 Å². The van der Waals surface area contributed by atoms with Gasteiger partial charge in [0.1, 0.15) is 11.6 Å². The van der Waals surface area contributed by atoms with Crippen molar-refractivity contribution in [3.05, 3.63) is 64.9 Å². The zero-order valence-electron chi connectivity index (χ0n) is 16.6. The van der Waals surface area contributed by atoms with Gasteiger partial charge < -0.3 is 20.1 Å². The molecule has 1 amide bonds. The Labute approximate surface area is 165 Å². The lowest BCUT2D eigenvalue weighted by molar-refractivity contribution is -0.117. The molecular weight excluding hydrogens is 354 g/mol. The van der Waals surface area contributed by atoms with Crippen molar-refractivity contribution in [2.75, 3.05) is 26.1 Å². The van der Waals surface area contributed by atoms with Crippen LogP contribution >= 0.6 is 0 Å². The second-order valence-electron chi connectivity index (χ2n) is 6.28. The molecule has 0 unspecified atom stereocenters. The number of nitrogens with zero attached hydrogens (tertiary/aromatic N) is 1. The van der Waals surface area contributed by atoms with Crippen molar-refractivity contribution in [3.63, 3.8) is 0 Å². The van der Waals surface area contributed by atoms with Crippen LogP contribution in [0.5, 0.6) is 11.5 Å². The topological polar surface area (TPSA) is 83.4 Å². The van der Waals surface area contributed by atoms with E-state index >= 15 is 0 Å². The lowest BCUT2D eigenvalue weighted by Crippen LogP contribution is -2.27. The normalized spacial score (nSPS) is 10.8. The van der Waals surface area contributed by atoms with Gasteiger partial charge in [-0.05, 0) is 49.1 Å².